The minimum absolute atomic E-state index is 0.680. The summed E-state index contributed by atoms with van der Waals surface area (Å²) in [7, 11) is 1.67. The smallest absolute Gasteiger partial charge is 0.213 e. The summed E-state index contributed by atoms with van der Waals surface area (Å²) in [5.74, 6) is 1.78. The molecule has 3 aromatic rings. The number of nitrogens with one attached hydrogen (secondary N) is 1. The van der Waals surface area contributed by atoms with Gasteiger partial charge in [-0.15, -0.1) is 0 Å². The van der Waals surface area contributed by atoms with Gasteiger partial charge >= 0.3 is 0 Å². The number of aromatic nitrogens is 2. The molecule has 1 aromatic heterocycles. The van der Waals surface area contributed by atoms with Crippen LogP contribution in [0, 0.1) is 0 Å². The maximum absolute atomic E-state index is 5.58. The first-order valence-electron chi connectivity index (χ1n) is 7.90. The Labute approximate surface area is 145 Å². The maximum atomic E-state index is 5.58. The van der Waals surface area contributed by atoms with Gasteiger partial charge in [0.2, 0.25) is 5.95 Å². The third-order valence-electron chi connectivity index (χ3n) is 4.27. The van der Waals surface area contributed by atoms with E-state index < -0.39 is 0 Å². The number of anilines is 1. The van der Waals surface area contributed by atoms with Crippen LogP contribution in [0.2, 0.25) is 0 Å². The molecule has 1 aliphatic rings. The molecule has 0 bridgehead atoms. The second-order valence-electron chi connectivity index (χ2n) is 5.71. The van der Waals surface area contributed by atoms with Gasteiger partial charge < -0.3 is 14.6 Å². The van der Waals surface area contributed by atoms with Gasteiger partial charge in [0.15, 0.2) is 5.11 Å². The van der Waals surface area contributed by atoms with E-state index in [1.54, 1.807) is 7.11 Å². The largest absolute Gasteiger partial charge is 0.497 e. The lowest BCUT2D eigenvalue weighted by Gasteiger charge is -2.18. The second kappa shape index (κ2) is 6.13. The van der Waals surface area contributed by atoms with Crippen LogP contribution >= 0.6 is 12.2 Å². The molecule has 0 aliphatic carbocycles. The summed E-state index contributed by atoms with van der Waals surface area (Å²) >= 11 is 5.58. The molecule has 5 nitrogen and oxygen atoms in total. The van der Waals surface area contributed by atoms with Gasteiger partial charge in [0.1, 0.15) is 5.75 Å². The predicted molar refractivity (Wildman–Crippen MR) is 99.5 cm³/mol. The number of hydrogen-bond donors (Lipinski definition) is 1. The van der Waals surface area contributed by atoms with Gasteiger partial charge in [-0.1, -0.05) is 24.3 Å². The van der Waals surface area contributed by atoms with Gasteiger partial charge in [-0.05, 0) is 42.0 Å². The summed E-state index contributed by atoms with van der Waals surface area (Å²) in [5.41, 5.74) is 3.33. The lowest BCUT2D eigenvalue weighted by atomic mass is 10.2. The van der Waals surface area contributed by atoms with E-state index in [9.17, 15) is 0 Å². The molecule has 6 heteroatoms. The van der Waals surface area contributed by atoms with E-state index in [0.717, 1.165) is 41.4 Å². The van der Waals surface area contributed by atoms with Crippen LogP contribution in [-0.4, -0.2) is 28.3 Å². The van der Waals surface area contributed by atoms with Crippen molar-refractivity contribution in [3.05, 3.63) is 54.1 Å². The topological polar surface area (TPSA) is 42.3 Å². The zero-order valence-corrected chi connectivity index (χ0v) is 14.2. The fraction of sp³-hybridized carbons (Fsp3) is 0.222. The van der Waals surface area contributed by atoms with Crippen molar-refractivity contribution in [1.82, 2.24) is 14.9 Å². The number of rotatable bonds is 3. The van der Waals surface area contributed by atoms with Crippen LogP contribution in [0.25, 0.3) is 11.0 Å². The number of benzene rings is 2. The minimum Gasteiger partial charge on any atom is -0.497 e. The molecule has 4 rings (SSSR count). The summed E-state index contributed by atoms with van der Waals surface area (Å²) in [6.45, 7) is 2.43. The van der Waals surface area contributed by atoms with Gasteiger partial charge in [0, 0.05) is 19.6 Å². The molecule has 24 heavy (non-hydrogen) atoms. The molecule has 0 atom stereocenters. The number of thiocarbonyl (C=S) groups is 1. The third-order valence-corrected chi connectivity index (χ3v) is 4.64. The Kier molecular flexibility index (Phi) is 3.82. The molecule has 0 unspecified atom stereocenters. The van der Waals surface area contributed by atoms with E-state index in [4.69, 9.17) is 21.9 Å². The molecule has 2 heterocycles. The van der Waals surface area contributed by atoms with E-state index in [1.165, 1.54) is 0 Å². The van der Waals surface area contributed by atoms with E-state index in [2.05, 4.69) is 20.9 Å². The van der Waals surface area contributed by atoms with E-state index in [0.29, 0.717) is 11.7 Å². The molecule has 0 fully saturated rings. The summed E-state index contributed by atoms with van der Waals surface area (Å²) in [5, 5.41) is 4.04. The van der Waals surface area contributed by atoms with Crippen LogP contribution < -0.4 is 15.0 Å². The lowest BCUT2D eigenvalue weighted by Crippen LogP contribution is -2.38. The molecule has 0 saturated heterocycles. The number of fused-ring (bicyclic) bond motifs is 3. The van der Waals surface area contributed by atoms with Crippen molar-refractivity contribution in [2.45, 2.75) is 13.1 Å². The molecule has 2 aromatic carbocycles. The number of hydrogen-bond acceptors (Lipinski definition) is 3. The van der Waals surface area contributed by atoms with Gasteiger partial charge in [0.25, 0.3) is 0 Å². The van der Waals surface area contributed by atoms with Crippen molar-refractivity contribution in [2.24, 2.45) is 0 Å². The molecular weight excluding hydrogens is 320 g/mol. The van der Waals surface area contributed by atoms with Crippen molar-refractivity contribution >= 4 is 34.3 Å². The molecule has 0 amide bonds. The third kappa shape index (κ3) is 2.59. The van der Waals surface area contributed by atoms with Crippen LogP contribution in [0.4, 0.5) is 5.95 Å². The average Bonchev–Trinajstić information content (AvgIpc) is 3.19. The molecule has 0 spiro atoms. The van der Waals surface area contributed by atoms with Crippen molar-refractivity contribution in [3.8, 4) is 5.75 Å². The van der Waals surface area contributed by atoms with Crippen LogP contribution in [0.1, 0.15) is 5.56 Å². The van der Waals surface area contributed by atoms with Gasteiger partial charge in [0.05, 0.1) is 18.1 Å². The molecular formula is C18H18N4OS. The standard InChI is InChI=1S/C18H18N4OS/c1-23-14-8-6-13(7-9-14)12-19-18(24)22-11-10-21-16-5-3-2-4-15(16)20-17(21)22/h2-9H,10-12H2,1H3,(H,19,24). The van der Waals surface area contributed by atoms with Crippen LogP contribution in [0.15, 0.2) is 48.5 Å². The summed E-state index contributed by atoms with van der Waals surface area (Å²) in [4.78, 5) is 6.79. The Morgan fingerprint density at radius 3 is 2.75 bits per heavy atom. The molecule has 0 saturated carbocycles. The quantitative estimate of drug-likeness (QED) is 0.744. The summed E-state index contributed by atoms with van der Waals surface area (Å²) in [6.07, 6.45) is 0. The number of ether oxygens (including phenoxy) is 1. The van der Waals surface area contributed by atoms with Crippen LogP contribution in [0.3, 0.4) is 0 Å². The van der Waals surface area contributed by atoms with Crippen LogP contribution in [-0.2, 0) is 13.1 Å². The Balaban J connectivity index is 1.48. The van der Waals surface area contributed by atoms with E-state index >= 15 is 0 Å². The molecule has 0 radical (unpaired) electrons. The van der Waals surface area contributed by atoms with Gasteiger partial charge in [-0.3, -0.25) is 4.90 Å². The fourth-order valence-electron chi connectivity index (χ4n) is 3.00. The maximum Gasteiger partial charge on any atom is 0.213 e. The van der Waals surface area contributed by atoms with Gasteiger partial charge in [-0.25, -0.2) is 4.98 Å². The number of nitrogens with zero attached hydrogens (tertiary/aromatic N) is 3. The molecule has 122 valence electrons. The first kappa shape index (κ1) is 15.0. The highest BCUT2D eigenvalue weighted by molar-refractivity contribution is 7.80. The van der Waals surface area contributed by atoms with Crippen molar-refractivity contribution < 1.29 is 4.74 Å². The van der Waals surface area contributed by atoms with Crippen LogP contribution in [0.5, 0.6) is 5.75 Å². The predicted octanol–water partition coefficient (Wildman–Crippen LogP) is 2.94. The van der Waals surface area contributed by atoms with E-state index in [1.807, 2.05) is 42.5 Å². The molecule has 1 aliphatic heterocycles. The fourth-order valence-corrected chi connectivity index (χ4v) is 3.24. The van der Waals surface area contributed by atoms with Crippen molar-refractivity contribution in [1.29, 1.82) is 0 Å². The summed E-state index contributed by atoms with van der Waals surface area (Å²) in [6, 6.07) is 16.2. The molecule has 1 N–H and O–H groups in total. The summed E-state index contributed by atoms with van der Waals surface area (Å²) < 4.78 is 7.40. The number of para-hydroxylation sites is 2. The Hall–Kier alpha value is -2.60. The second-order valence-corrected chi connectivity index (χ2v) is 6.10. The van der Waals surface area contributed by atoms with Gasteiger partial charge in [-0.2, -0.15) is 0 Å². The zero-order valence-electron chi connectivity index (χ0n) is 13.4. The van der Waals surface area contributed by atoms with Crippen molar-refractivity contribution in [3.63, 3.8) is 0 Å². The average molecular weight is 338 g/mol. The highest BCUT2D eigenvalue weighted by Gasteiger charge is 2.25. The van der Waals surface area contributed by atoms with Crippen molar-refractivity contribution in [2.75, 3.05) is 18.6 Å². The number of imidazole rings is 1. The Morgan fingerprint density at radius 1 is 1.17 bits per heavy atom. The Bertz CT molecular complexity index is 888. The normalized spacial score (nSPS) is 13.1. The Morgan fingerprint density at radius 2 is 1.96 bits per heavy atom. The monoisotopic (exact) mass is 338 g/mol. The first-order chi connectivity index (χ1) is 11.8. The lowest BCUT2D eigenvalue weighted by molar-refractivity contribution is 0.414. The zero-order chi connectivity index (χ0) is 16.5. The highest BCUT2D eigenvalue weighted by Crippen LogP contribution is 2.27. The SMILES string of the molecule is COc1ccc(CNC(=S)N2CCn3c2nc2ccccc23)cc1. The first-order valence-corrected chi connectivity index (χ1v) is 8.30. The number of methoxy groups -OCH3 is 1. The minimum atomic E-state index is 0.680. The van der Waals surface area contributed by atoms with E-state index in [-0.39, 0.29) is 0 Å². The highest BCUT2D eigenvalue weighted by atomic mass is 32.1.